The van der Waals surface area contributed by atoms with E-state index in [-0.39, 0.29) is 5.91 Å². The third-order valence-corrected chi connectivity index (χ3v) is 4.87. The minimum Gasteiger partial charge on any atom is -0.337 e. The molecular weight excluding hydrogens is 366 g/mol. The normalized spacial score (nSPS) is 14.0. The van der Waals surface area contributed by atoms with Gasteiger partial charge in [0.2, 0.25) is 11.9 Å². The van der Waals surface area contributed by atoms with Crippen LogP contribution in [0.4, 0.5) is 17.6 Å². The summed E-state index contributed by atoms with van der Waals surface area (Å²) in [6, 6.07) is 11.2. The summed E-state index contributed by atoms with van der Waals surface area (Å²) in [6.45, 7) is 6.85. The van der Waals surface area contributed by atoms with Gasteiger partial charge < -0.3 is 15.1 Å². The van der Waals surface area contributed by atoms with Crippen LogP contribution in [0.3, 0.4) is 0 Å². The van der Waals surface area contributed by atoms with Crippen molar-refractivity contribution >= 4 is 23.5 Å². The Labute approximate surface area is 169 Å². The van der Waals surface area contributed by atoms with E-state index in [1.807, 2.05) is 44.2 Å². The van der Waals surface area contributed by atoms with E-state index >= 15 is 0 Å². The third-order valence-electron chi connectivity index (χ3n) is 4.87. The summed E-state index contributed by atoms with van der Waals surface area (Å²) >= 11 is 0. The first kappa shape index (κ1) is 18.8. The molecular formula is C21H23N7O. The number of nitrogens with one attached hydrogen (secondary N) is 1. The van der Waals surface area contributed by atoms with Gasteiger partial charge in [-0.25, -0.2) is 19.9 Å². The second-order valence-corrected chi connectivity index (χ2v) is 6.99. The van der Waals surface area contributed by atoms with Crippen molar-refractivity contribution in [1.29, 1.82) is 0 Å². The number of rotatable bonds is 4. The highest BCUT2D eigenvalue weighted by Gasteiger charge is 2.22. The molecule has 0 aliphatic carbocycles. The number of hydrogen-bond acceptors (Lipinski definition) is 7. The highest BCUT2D eigenvalue weighted by atomic mass is 16.1. The molecule has 4 rings (SSSR count). The Morgan fingerprint density at radius 3 is 2.24 bits per heavy atom. The smallest absolute Gasteiger partial charge is 0.274 e. The van der Waals surface area contributed by atoms with Crippen molar-refractivity contribution in [2.45, 2.75) is 13.8 Å². The first-order valence-electron chi connectivity index (χ1n) is 9.60. The maximum absolute atomic E-state index is 12.7. The van der Waals surface area contributed by atoms with Gasteiger partial charge in [0.1, 0.15) is 5.69 Å². The molecule has 0 atom stereocenters. The van der Waals surface area contributed by atoms with Crippen LogP contribution in [0.2, 0.25) is 0 Å². The molecule has 2 aromatic heterocycles. The maximum Gasteiger partial charge on any atom is 0.274 e. The molecule has 148 valence electrons. The van der Waals surface area contributed by atoms with E-state index in [1.165, 1.54) is 0 Å². The van der Waals surface area contributed by atoms with E-state index in [2.05, 4.69) is 35.1 Å². The molecule has 1 fully saturated rings. The molecule has 1 aliphatic heterocycles. The Morgan fingerprint density at radius 1 is 0.897 bits per heavy atom. The van der Waals surface area contributed by atoms with Gasteiger partial charge in [-0.3, -0.25) is 4.79 Å². The topological polar surface area (TPSA) is 87.1 Å². The molecule has 0 spiro atoms. The molecule has 0 unspecified atom stereocenters. The summed E-state index contributed by atoms with van der Waals surface area (Å²) in [7, 11) is 0. The fourth-order valence-electron chi connectivity index (χ4n) is 3.27. The third kappa shape index (κ3) is 4.31. The lowest BCUT2D eigenvalue weighted by Crippen LogP contribution is -2.47. The molecule has 29 heavy (non-hydrogen) atoms. The Hall–Kier alpha value is -3.55. The van der Waals surface area contributed by atoms with E-state index in [0.29, 0.717) is 11.6 Å². The molecule has 0 saturated carbocycles. The average molecular weight is 389 g/mol. The Balaban J connectivity index is 1.47. The summed E-state index contributed by atoms with van der Waals surface area (Å²) in [5, 5.41) is 2.94. The summed E-state index contributed by atoms with van der Waals surface area (Å²) in [4.78, 5) is 34.7. The number of aryl methyl sites for hydroxylation is 2. The predicted octanol–water partition coefficient (Wildman–Crippen LogP) is 2.46. The predicted molar refractivity (Wildman–Crippen MR) is 112 cm³/mol. The number of aromatic nitrogens is 4. The summed E-state index contributed by atoms with van der Waals surface area (Å²) in [5.41, 5.74) is 2.92. The molecule has 8 heteroatoms. The van der Waals surface area contributed by atoms with Crippen molar-refractivity contribution in [3.63, 3.8) is 0 Å². The lowest BCUT2D eigenvalue weighted by Gasteiger charge is -2.34. The van der Waals surface area contributed by atoms with Crippen LogP contribution < -0.4 is 15.1 Å². The van der Waals surface area contributed by atoms with Crippen molar-refractivity contribution in [1.82, 2.24) is 19.9 Å². The Bertz CT molecular complexity index is 1000. The molecule has 8 nitrogen and oxygen atoms in total. The molecule has 3 aromatic rings. The molecule has 0 bridgehead atoms. The van der Waals surface area contributed by atoms with Gasteiger partial charge in [0.05, 0.1) is 0 Å². The van der Waals surface area contributed by atoms with E-state index in [9.17, 15) is 4.79 Å². The second-order valence-electron chi connectivity index (χ2n) is 6.99. The van der Waals surface area contributed by atoms with Crippen molar-refractivity contribution in [2.75, 3.05) is 41.3 Å². The van der Waals surface area contributed by atoms with Crippen LogP contribution in [0.25, 0.3) is 0 Å². The number of nitrogens with zero attached hydrogens (tertiary/aromatic N) is 6. The van der Waals surface area contributed by atoms with Crippen molar-refractivity contribution < 1.29 is 4.79 Å². The van der Waals surface area contributed by atoms with Crippen LogP contribution in [0, 0.1) is 13.8 Å². The molecule has 1 aromatic carbocycles. The van der Waals surface area contributed by atoms with Gasteiger partial charge in [0.25, 0.3) is 5.91 Å². The number of hydrogen-bond donors (Lipinski definition) is 1. The molecule has 1 amide bonds. The van der Waals surface area contributed by atoms with Crippen LogP contribution in [-0.2, 0) is 0 Å². The highest BCUT2D eigenvalue weighted by Crippen LogP contribution is 2.18. The standard InChI is InChI=1S/C21H23N7O/c1-15-6-3-4-7-17(15)25-19(29)18-14-16(2)24-21(26-18)28-12-10-27(11-13-28)20-22-8-5-9-23-20/h3-9,14H,10-13H2,1-2H3,(H,25,29). The zero-order valence-corrected chi connectivity index (χ0v) is 16.5. The number of carbonyl (C=O) groups excluding carboxylic acids is 1. The second kappa shape index (κ2) is 8.22. The van der Waals surface area contributed by atoms with Gasteiger partial charge in [0.15, 0.2) is 0 Å². The van der Waals surface area contributed by atoms with E-state index < -0.39 is 0 Å². The number of para-hydroxylation sites is 1. The van der Waals surface area contributed by atoms with Gasteiger partial charge in [-0.1, -0.05) is 18.2 Å². The maximum atomic E-state index is 12.7. The van der Waals surface area contributed by atoms with E-state index in [4.69, 9.17) is 0 Å². The van der Waals surface area contributed by atoms with Crippen molar-refractivity contribution in [2.24, 2.45) is 0 Å². The first-order chi connectivity index (χ1) is 14.1. The summed E-state index contributed by atoms with van der Waals surface area (Å²) in [5.74, 6) is 1.08. The number of piperazine rings is 1. The molecule has 3 heterocycles. The van der Waals surface area contributed by atoms with Gasteiger partial charge in [-0.05, 0) is 37.6 Å². The lowest BCUT2D eigenvalue weighted by atomic mass is 10.2. The fraction of sp³-hybridized carbons (Fsp3) is 0.286. The SMILES string of the molecule is Cc1cc(C(=O)Nc2ccccc2C)nc(N2CCN(c3ncccn3)CC2)n1. The fourth-order valence-corrected chi connectivity index (χ4v) is 3.27. The largest absolute Gasteiger partial charge is 0.337 e. The minimum absolute atomic E-state index is 0.234. The quantitative estimate of drug-likeness (QED) is 0.733. The van der Waals surface area contributed by atoms with Crippen LogP contribution in [-0.4, -0.2) is 52.0 Å². The van der Waals surface area contributed by atoms with Crippen molar-refractivity contribution in [3.8, 4) is 0 Å². The Morgan fingerprint density at radius 2 is 1.55 bits per heavy atom. The molecule has 1 aliphatic rings. The van der Waals surface area contributed by atoms with Crippen molar-refractivity contribution in [3.05, 3.63) is 65.7 Å². The summed E-state index contributed by atoms with van der Waals surface area (Å²) < 4.78 is 0. The Kier molecular flexibility index (Phi) is 5.33. The van der Waals surface area contributed by atoms with Gasteiger partial charge in [-0.15, -0.1) is 0 Å². The monoisotopic (exact) mass is 389 g/mol. The number of carbonyl (C=O) groups is 1. The number of anilines is 3. The van der Waals surface area contributed by atoms with E-state index in [0.717, 1.165) is 49.1 Å². The van der Waals surface area contributed by atoms with Gasteiger partial charge in [0, 0.05) is 50.0 Å². The minimum atomic E-state index is -0.234. The number of benzene rings is 1. The first-order valence-corrected chi connectivity index (χ1v) is 9.60. The number of amides is 1. The van der Waals surface area contributed by atoms with E-state index in [1.54, 1.807) is 18.5 Å². The molecule has 1 N–H and O–H groups in total. The highest BCUT2D eigenvalue weighted by molar-refractivity contribution is 6.03. The zero-order valence-electron chi connectivity index (χ0n) is 16.5. The van der Waals surface area contributed by atoms with Gasteiger partial charge in [-0.2, -0.15) is 0 Å². The van der Waals surface area contributed by atoms with Crippen LogP contribution in [0.5, 0.6) is 0 Å². The molecule has 1 saturated heterocycles. The zero-order chi connectivity index (χ0) is 20.2. The van der Waals surface area contributed by atoms with Gasteiger partial charge >= 0.3 is 0 Å². The summed E-state index contributed by atoms with van der Waals surface area (Å²) in [6.07, 6.45) is 3.50. The van der Waals surface area contributed by atoms with Crippen LogP contribution >= 0.6 is 0 Å². The van der Waals surface area contributed by atoms with Crippen LogP contribution in [0.15, 0.2) is 48.8 Å². The lowest BCUT2D eigenvalue weighted by molar-refractivity contribution is 0.102. The van der Waals surface area contributed by atoms with Crippen LogP contribution in [0.1, 0.15) is 21.7 Å². The average Bonchev–Trinajstić information content (AvgIpc) is 2.75. The molecule has 0 radical (unpaired) electrons.